The van der Waals surface area contributed by atoms with Crippen LogP contribution in [-0.4, -0.2) is 34.8 Å². The Labute approximate surface area is 167 Å². The Morgan fingerprint density at radius 2 is 1.85 bits per heavy atom. The summed E-state index contributed by atoms with van der Waals surface area (Å²) in [4.78, 5) is 26.0. The van der Waals surface area contributed by atoms with Crippen LogP contribution in [0.4, 0.5) is 0 Å². The quantitative estimate of drug-likeness (QED) is 0.420. The SMILES string of the molecule is COC(=O)COc1ccc(/C=C2/SC(=S)N(Cc3ccccc3)C2=O)cc1. The lowest BCUT2D eigenvalue weighted by Gasteiger charge is -2.14. The van der Waals surface area contributed by atoms with Gasteiger partial charge in [0.05, 0.1) is 18.6 Å². The first kappa shape index (κ1) is 19.1. The van der Waals surface area contributed by atoms with Crippen molar-refractivity contribution in [1.29, 1.82) is 0 Å². The summed E-state index contributed by atoms with van der Waals surface area (Å²) in [5, 5.41) is 0. The third kappa shape index (κ3) is 4.96. The molecule has 0 aliphatic carbocycles. The lowest BCUT2D eigenvalue weighted by Crippen LogP contribution is -2.27. The Bertz CT molecular complexity index is 879. The topological polar surface area (TPSA) is 55.8 Å². The van der Waals surface area contributed by atoms with Gasteiger partial charge in [0.15, 0.2) is 6.61 Å². The smallest absolute Gasteiger partial charge is 0.343 e. The number of carbonyl (C=O) groups is 2. The van der Waals surface area contributed by atoms with E-state index in [9.17, 15) is 9.59 Å². The van der Waals surface area contributed by atoms with E-state index in [0.29, 0.717) is 21.5 Å². The molecule has 0 N–H and O–H groups in total. The van der Waals surface area contributed by atoms with Crippen LogP contribution in [0, 0.1) is 0 Å². The van der Waals surface area contributed by atoms with Gasteiger partial charge in [-0.1, -0.05) is 66.4 Å². The largest absolute Gasteiger partial charge is 0.482 e. The summed E-state index contributed by atoms with van der Waals surface area (Å²) in [7, 11) is 1.31. The normalized spacial score (nSPS) is 15.3. The second-order valence-corrected chi connectivity index (χ2v) is 7.36. The minimum Gasteiger partial charge on any atom is -0.482 e. The number of rotatable bonds is 6. The van der Waals surface area contributed by atoms with Gasteiger partial charge in [-0.15, -0.1) is 0 Å². The van der Waals surface area contributed by atoms with Crippen LogP contribution in [0.3, 0.4) is 0 Å². The molecule has 0 unspecified atom stereocenters. The lowest BCUT2D eigenvalue weighted by molar-refractivity contribution is -0.142. The molecule has 0 bridgehead atoms. The van der Waals surface area contributed by atoms with E-state index in [2.05, 4.69) is 4.74 Å². The molecule has 7 heteroatoms. The molecule has 27 heavy (non-hydrogen) atoms. The van der Waals surface area contributed by atoms with Gasteiger partial charge >= 0.3 is 5.97 Å². The number of methoxy groups -OCH3 is 1. The Kier molecular flexibility index (Phi) is 6.26. The molecule has 1 aliphatic rings. The maximum atomic E-state index is 12.7. The van der Waals surface area contributed by atoms with Gasteiger partial charge in [0.1, 0.15) is 10.1 Å². The molecule has 138 valence electrons. The van der Waals surface area contributed by atoms with E-state index in [4.69, 9.17) is 17.0 Å². The van der Waals surface area contributed by atoms with Crippen molar-refractivity contribution in [3.63, 3.8) is 0 Å². The number of carbonyl (C=O) groups excluding carboxylic acids is 2. The molecule has 0 aromatic heterocycles. The van der Waals surface area contributed by atoms with Crippen LogP contribution >= 0.6 is 24.0 Å². The first-order chi connectivity index (χ1) is 13.1. The van der Waals surface area contributed by atoms with Crippen LogP contribution in [0.5, 0.6) is 5.75 Å². The monoisotopic (exact) mass is 399 g/mol. The minimum atomic E-state index is -0.443. The fourth-order valence-electron chi connectivity index (χ4n) is 2.42. The van der Waals surface area contributed by atoms with E-state index in [0.717, 1.165) is 11.1 Å². The maximum absolute atomic E-state index is 12.7. The Morgan fingerprint density at radius 1 is 1.15 bits per heavy atom. The van der Waals surface area contributed by atoms with E-state index in [1.807, 2.05) is 42.5 Å². The predicted molar refractivity (Wildman–Crippen MR) is 109 cm³/mol. The second kappa shape index (κ2) is 8.83. The van der Waals surface area contributed by atoms with Gasteiger partial charge in [0.2, 0.25) is 0 Å². The summed E-state index contributed by atoms with van der Waals surface area (Å²) < 4.78 is 10.4. The molecule has 2 aromatic rings. The van der Waals surface area contributed by atoms with Gasteiger partial charge in [0, 0.05) is 0 Å². The van der Waals surface area contributed by atoms with Crippen molar-refractivity contribution < 1.29 is 19.1 Å². The number of nitrogens with zero attached hydrogens (tertiary/aromatic N) is 1. The molecule has 2 aromatic carbocycles. The van der Waals surface area contributed by atoms with Crippen LogP contribution in [0.1, 0.15) is 11.1 Å². The van der Waals surface area contributed by atoms with Gasteiger partial charge in [-0.2, -0.15) is 0 Å². The van der Waals surface area contributed by atoms with Gasteiger partial charge in [0.25, 0.3) is 5.91 Å². The van der Waals surface area contributed by atoms with Crippen LogP contribution < -0.4 is 4.74 Å². The molecule has 1 fully saturated rings. The zero-order valence-electron chi connectivity index (χ0n) is 14.6. The predicted octanol–water partition coefficient (Wildman–Crippen LogP) is 3.64. The highest BCUT2D eigenvalue weighted by Crippen LogP contribution is 2.33. The second-order valence-electron chi connectivity index (χ2n) is 5.69. The number of thiocarbonyl (C=S) groups is 1. The summed E-state index contributed by atoms with van der Waals surface area (Å²) >= 11 is 6.66. The highest BCUT2D eigenvalue weighted by Gasteiger charge is 2.31. The minimum absolute atomic E-state index is 0.0973. The number of hydrogen-bond donors (Lipinski definition) is 0. The van der Waals surface area contributed by atoms with E-state index < -0.39 is 5.97 Å². The third-order valence-electron chi connectivity index (χ3n) is 3.82. The van der Waals surface area contributed by atoms with Crippen molar-refractivity contribution in [3.05, 3.63) is 70.6 Å². The van der Waals surface area contributed by atoms with Gasteiger partial charge in [-0.3, -0.25) is 9.69 Å². The third-order valence-corrected chi connectivity index (χ3v) is 5.20. The van der Waals surface area contributed by atoms with Crippen LogP contribution in [0.2, 0.25) is 0 Å². The van der Waals surface area contributed by atoms with Gasteiger partial charge in [-0.25, -0.2) is 4.79 Å². The molecule has 1 aliphatic heterocycles. The van der Waals surface area contributed by atoms with Gasteiger partial charge in [-0.05, 0) is 29.3 Å². The van der Waals surface area contributed by atoms with Crippen LogP contribution in [0.15, 0.2) is 59.5 Å². The molecule has 0 saturated carbocycles. The van der Waals surface area contributed by atoms with E-state index >= 15 is 0 Å². The van der Waals surface area contributed by atoms with Crippen molar-refractivity contribution >= 4 is 46.3 Å². The lowest BCUT2D eigenvalue weighted by atomic mass is 10.2. The Balaban J connectivity index is 1.67. The van der Waals surface area contributed by atoms with E-state index in [-0.39, 0.29) is 12.5 Å². The summed E-state index contributed by atoms with van der Waals surface area (Å²) in [5.41, 5.74) is 1.88. The Morgan fingerprint density at radius 3 is 2.52 bits per heavy atom. The molecule has 0 spiro atoms. The fraction of sp³-hybridized carbons (Fsp3) is 0.150. The van der Waals surface area contributed by atoms with Crippen LogP contribution in [-0.2, 0) is 20.9 Å². The zero-order valence-corrected chi connectivity index (χ0v) is 16.2. The summed E-state index contributed by atoms with van der Waals surface area (Å²) in [6, 6.07) is 16.8. The first-order valence-electron chi connectivity index (χ1n) is 8.16. The number of amides is 1. The zero-order chi connectivity index (χ0) is 19.2. The molecule has 1 amide bonds. The molecular formula is C20H17NO4S2. The molecule has 3 rings (SSSR count). The van der Waals surface area contributed by atoms with E-state index in [1.165, 1.54) is 18.9 Å². The summed E-state index contributed by atoms with van der Waals surface area (Å²) in [6.07, 6.45) is 1.80. The van der Waals surface area contributed by atoms with Crippen molar-refractivity contribution in [3.8, 4) is 5.75 Å². The highest BCUT2D eigenvalue weighted by atomic mass is 32.2. The highest BCUT2D eigenvalue weighted by molar-refractivity contribution is 8.26. The number of ether oxygens (including phenoxy) is 2. The standard InChI is InChI=1S/C20H17NO4S2/c1-24-18(22)13-25-16-9-7-14(8-10-16)11-17-19(23)21(20(26)27-17)12-15-5-3-2-4-6-15/h2-11H,12-13H2,1H3/b17-11+. The Hall–Kier alpha value is -2.64. The first-order valence-corrected chi connectivity index (χ1v) is 9.38. The number of hydrogen-bond acceptors (Lipinski definition) is 6. The number of thioether (sulfide) groups is 1. The summed E-state index contributed by atoms with van der Waals surface area (Å²) in [5.74, 6) is 0.00946. The molecule has 0 atom stereocenters. The van der Waals surface area contributed by atoms with Gasteiger partial charge < -0.3 is 9.47 Å². The summed E-state index contributed by atoms with van der Waals surface area (Å²) in [6.45, 7) is 0.317. The van der Waals surface area contributed by atoms with Crippen molar-refractivity contribution in [2.75, 3.05) is 13.7 Å². The number of benzene rings is 2. The van der Waals surface area contributed by atoms with Crippen LogP contribution in [0.25, 0.3) is 6.08 Å². The molecular weight excluding hydrogens is 382 g/mol. The maximum Gasteiger partial charge on any atom is 0.343 e. The molecule has 5 nitrogen and oxygen atoms in total. The fourth-order valence-corrected chi connectivity index (χ4v) is 3.67. The molecule has 1 heterocycles. The van der Waals surface area contributed by atoms with Crippen molar-refractivity contribution in [1.82, 2.24) is 4.90 Å². The van der Waals surface area contributed by atoms with E-state index in [1.54, 1.807) is 23.1 Å². The average molecular weight is 399 g/mol. The van der Waals surface area contributed by atoms with Crippen molar-refractivity contribution in [2.45, 2.75) is 6.54 Å². The average Bonchev–Trinajstić information content (AvgIpc) is 2.95. The molecule has 1 saturated heterocycles. The van der Waals surface area contributed by atoms with Crippen molar-refractivity contribution in [2.24, 2.45) is 0 Å². The number of esters is 1. The molecule has 0 radical (unpaired) electrons.